The number of hydrogen-bond acceptors (Lipinski definition) is 4. The Hall–Kier alpha value is -3.08. The Kier molecular flexibility index (Phi) is 2.94. The lowest BCUT2D eigenvalue weighted by Crippen LogP contribution is -1.95. The highest BCUT2D eigenvalue weighted by atomic mass is 16.5. The van der Waals surface area contributed by atoms with Crippen LogP contribution in [0.15, 0.2) is 48.5 Å². The van der Waals surface area contributed by atoms with Crippen molar-refractivity contribution in [1.82, 2.24) is 14.6 Å². The molecule has 0 bridgehead atoms. The fourth-order valence-electron chi connectivity index (χ4n) is 2.94. The molecule has 5 nitrogen and oxygen atoms in total. The molecule has 2 aromatic carbocycles. The Bertz CT molecular complexity index is 1040. The fraction of sp³-hybridized carbons (Fsp3) is 0.111. The summed E-state index contributed by atoms with van der Waals surface area (Å²) in [7, 11) is 1.53. The van der Waals surface area contributed by atoms with E-state index < -0.39 is 0 Å². The predicted molar refractivity (Wildman–Crippen MR) is 88.9 cm³/mol. The topological polar surface area (TPSA) is 59.7 Å². The molecule has 0 aliphatic carbocycles. The number of phenolic OH excluding ortho intramolecular Hbond substituents is 1. The lowest BCUT2D eigenvalue weighted by Gasteiger charge is -2.10. The normalized spacial score (nSPS) is 11.2. The molecule has 2 aromatic heterocycles. The van der Waals surface area contributed by atoms with E-state index in [0.717, 1.165) is 22.1 Å². The van der Waals surface area contributed by atoms with Crippen LogP contribution in [0.1, 0.15) is 5.56 Å². The van der Waals surface area contributed by atoms with Crippen LogP contribution in [-0.2, 0) is 0 Å². The van der Waals surface area contributed by atoms with Gasteiger partial charge in [-0.25, -0.2) is 0 Å². The van der Waals surface area contributed by atoms with Crippen LogP contribution >= 0.6 is 0 Å². The summed E-state index contributed by atoms with van der Waals surface area (Å²) in [6, 6.07) is 15.4. The summed E-state index contributed by atoms with van der Waals surface area (Å²) in [4.78, 5) is 0. The molecule has 0 amide bonds. The summed E-state index contributed by atoms with van der Waals surface area (Å²) in [6.45, 7) is 2.06. The number of hydrogen-bond donors (Lipinski definition) is 1. The van der Waals surface area contributed by atoms with E-state index in [0.29, 0.717) is 17.1 Å². The molecule has 0 aliphatic rings. The molecule has 23 heavy (non-hydrogen) atoms. The predicted octanol–water partition coefficient (Wildman–Crippen LogP) is 3.57. The van der Waals surface area contributed by atoms with Crippen LogP contribution in [0, 0.1) is 6.92 Å². The second-order valence-corrected chi connectivity index (χ2v) is 5.42. The van der Waals surface area contributed by atoms with Gasteiger partial charge in [0.2, 0.25) is 0 Å². The summed E-state index contributed by atoms with van der Waals surface area (Å²) in [5.41, 5.74) is 3.48. The molecule has 1 N–H and O–H groups in total. The molecule has 114 valence electrons. The van der Waals surface area contributed by atoms with Crippen molar-refractivity contribution in [2.75, 3.05) is 7.11 Å². The van der Waals surface area contributed by atoms with Gasteiger partial charge in [0.05, 0.1) is 18.2 Å². The molecule has 0 saturated carbocycles. The van der Waals surface area contributed by atoms with Crippen molar-refractivity contribution in [3.05, 3.63) is 54.1 Å². The summed E-state index contributed by atoms with van der Waals surface area (Å²) >= 11 is 0. The smallest absolute Gasteiger partial charge is 0.172 e. The molecule has 0 atom stereocenters. The van der Waals surface area contributed by atoms with Gasteiger partial charge in [0, 0.05) is 5.39 Å². The minimum atomic E-state index is 0.0638. The van der Waals surface area contributed by atoms with Crippen LogP contribution in [-0.4, -0.2) is 26.8 Å². The monoisotopic (exact) mass is 305 g/mol. The van der Waals surface area contributed by atoms with Gasteiger partial charge >= 0.3 is 0 Å². The molecule has 0 aliphatic heterocycles. The van der Waals surface area contributed by atoms with Crippen LogP contribution in [0.2, 0.25) is 0 Å². The minimum absolute atomic E-state index is 0.0638. The first-order valence-corrected chi connectivity index (χ1v) is 7.30. The molecule has 0 saturated heterocycles. The van der Waals surface area contributed by atoms with Crippen LogP contribution in [0.3, 0.4) is 0 Å². The van der Waals surface area contributed by atoms with Crippen LogP contribution in [0.5, 0.6) is 11.5 Å². The van der Waals surface area contributed by atoms with E-state index in [2.05, 4.69) is 23.2 Å². The first-order chi connectivity index (χ1) is 11.2. The third-order valence-corrected chi connectivity index (χ3v) is 4.06. The van der Waals surface area contributed by atoms with Crippen molar-refractivity contribution in [3.8, 4) is 22.9 Å². The zero-order chi connectivity index (χ0) is 16.0. The van der Waals surface area contributed by atoms with Gasteiger partial charge in [-0.05, 0) is 36.8 Å². The van der Waals surface area contributed by atoms with Crippen molar-refractivity contribution >= 4 is 16.6 Å². The van der Waals surface area contributed by atoms with E-state index in [1.54, 1.807) is 6.07 Å². The maximum atomic E-state index is 10.4. The van der Waals surface area contributed by atoms with E-state index >= 15 is 0 Å². The Balaban J connectivity index is 2.12. The molecule has 4 aromatic rings. The van der Waals surface area contributed by atoms with E-state index in [-0.39, 0.29) is 5.75 Å². The van der Waals surface area contributed by atoms with Gasteiger partial charge in [0.25, 0.3) is 0 Å². The number of methoxy groups -OCH3 is 1. The van der Waals surface area contributed by atoms with Gasteiger partial charge in [0.15, 0.2) is 23.0 Å². The SMILES string of the molecule is COc1cccc(-c2nnc3cc(C)c4ccccc4n23)c1O. The van der Waals surface area contributed by atoms with Crippen LogP contribution in [0.25, 0.3) is 27.9 Å². The van der Waals surface area contributed by atoms with Crippen molar-refractivity contribution in [1.29, 1.82) is 0 Å². The maximum Gasteiger partial charge on any atom is 0.172 e. The van der Waals surface area contributed by atoms with Crippen molar-refractivity contribution < 1.29 is 9.84 Å². The number of para-hydroxylation sites is 2. The molecule has 2 heterocycles. The van der Waals surface area contributed by atoms with E-state index in [9.17, 15) is 5.11 Å². The van der Waals surface area contributed by atoms with Crippen molar-refractivity contribution in [3.63, 3.8) is 0 Å². The number of ether oxygens (including phenoxy) is 1. The van der Waals surface area contributed by atoms with Crippen molar-refractivity contribution in [2.45, 2.75) is 6.92 Å². The Labute approximate surface area is 132 Å². The third kappa shape index (κ3) is 1.93. The highest BCUT2D eigenvalue weighted by Crippen LogP contribution is 2.37. The first kappa shape index (κ1) is 13.6. The zero-order valence-electron chi connectivity index (χ0n) is 12.8. The van der Waals surface area contributed by atoms with E-state index in [4.69, 9.17) is 4.74 Å². The number of aromatic hydroxyl groups is 1. The fourth-order valence-corrected chi connectivity index (χ4v) is 2.94. The summed E-state index contributed by atoms with van der Waals surface area (Å²) in [5, 5.41) is 20.1. The minimum Gasteiger partial charge on any atom is -0.504 e. The maximum absolute atomic E-state index is 10.4. The van der Waals surface area contributed by atoms with Gasteiger partial charge in [0.1, 0.15) is 0 Å². The first-order valence-electron chi connectivity index (χ1n) is 7.30. The number of fused-ring (bicyclic) bond motifs is 3. The van der Waals surface area contributed by atoms with Crippen LogP contribution < -0.4 is 4.74 Å². The largest absolute Gasteiger partial charge is 0.504 e. The Morgan fingerprint density at radius 2 is 1.87 bits per heavy atom. The number of aryl methyl sites for hydroxylation is 1. The summed E-state index contributed by atoms with van der Waals surface area (Å²) < 4.78 is 7.15. The molecule has 4 rings (SSSR count). The highest BCUT2D eigenvalue weighted by Gasteiger charge is 2.17. The lowest BCUT2D eigenvalue weighted by atomic mass is 10.1. The zero-order valence-corrected chi connectivity index (χ0v) is 12.8. The van der Waals surface area contributed by atoms with Gasteiger partial charge in [-0.3, -0.25) is 4.40 Å². The average Bonchev–Trinajstić information content (AvgIpc) is 2.99. The Morgan fingerprint density at radius 1 is 1.04 bits per heavy atom. The van der Waals surface area contributed by atoms with Gasteiger partial charge in [-0.15, -0.1) is 10.2 Å². The number of pyridine rings is 1. The standard InChI is InChI=1S/C18H15N3O2/c1-11-10-16-19-20-18(13-7-5-9-15(23-2)17(13)22)21(16)14-8-4-3-6-12(11)14/h3-10,22H,1-2H3. The molecule has 0 radical (unpaired) electrons. The Morgan fingerprint density at radius 3 is 2.70 bits per heavy atom. The van der Waals surface area contributed by atoms with Gasteiger partial charge < -0.3 is 9.84 Å². The van der Waals surface area contributed by atoms with Gasteiger partial charge in [-0.2, -0.15) is 0 Å². The lowest BCUT2D eigenvalue weighted by molar-refractivity contribution is 0.374. The molecular formula is C18H15N3O2. The van der Waals surface area contributed by atoms with Gasteiger partial charge in [-0.1, -0.05) is 24.3 Å². The van der Waals surface area contributed by atoms with E-state index in [1.807, 2.05) is 40.8 Å². The van der Waals surface area contributed by atoms with E-state index in [1.165, 1.54) is 7.11 Å². The number of nitrogens with zero attached hydrogens (tertiary/aromatic N) is 3. The second kappa shape index (κ2) is 4.98. The molecular weight excluding hydrogens is 290 g/mol. The third-order valence-electron chi connectivity index (χ3n) is 4.06. The molecule has 0 spiro atoms. The quantitative estimate of drug-likeness (QED) is 0.615. The number of aromatic nitrogens is 3. The summed E-state index contributed by atoms with van der Waals surface area (Å²) in [5.74, 6) is 1.07. The van der Waals surface area contributed by atoms with Crippen molar-refractivity contribution in [2.24, 2.45) is 0 Å². The number of phenols is 1. The average molecular weight is 305 g/mol. The summed E-state index contributed by atoms with van der Waals surface area (Å²) in [6.07, 6.45) is 0. The van der Waals surface area contributed by atoms with Crippen LogP contribution in [0.4, 0.5) is 0 Å². The molecule has 0 fully saturated rings. The number of benzene rings is 2. The highest BCUT2D eigenvalue weighted by molar-refractivity contribution is 5.87. The number of rotatable bonds is 2. The second-order valence-electron chi connectivity index (χ2n) is 5.42. The molecule has 0 unspecified atom stereocenters. The molecule has 5 heteroatoms.